The number of hydrogen-bond acceptors (Lipinski definition) is 8. The maximum absolute atomic E-state index is 12.3. The molecule has 9 heteroatoms. The lowest BCUT2D eigenvalue weighted by Crippen LogP contribution is -2.12. The average Bonchev–Trinajstić information content (AvgIpc) is 3.26. The SMILES string of the molecule is COc1cc(-c2nnc(NC(=O)c3cc(C)oc3C)o2)cc(OC)c1OC. The van der Waals surface area contributed by atoms with E-state index in [1.54, 1.807) is 32.0 Å². The molecule has 0 aliphatic heterocycles. The fourth-order valence-electron chi connectivity index (χ4n) is 2.62. The highest BCUT2D eigenvalue weighted by molar-refractivity contribution is 6.03. The van der Waals surface area contributed by atoms with Gasteiger partial charge in [0.1, 0.15) is 11.5 Å². The monoisotopic (exact) mass is 373 g/mol. The minimum Gasteiger partial charge on any atom is -0.493 e. The highest BCUT2D eigenvalue weighted by atomic mass is 16.5. The molecule has 0 fully saturated rings. The summed E-state index contributed by atoms with van der Waals surface area (Å²) in [4.78, 5) is 12.3. The van der Waals surface area contributed by atoms with E-state index >= 15 is 0 Å². The van der Waals surface area contributed by atoms with Crippen LogP contribution in [-0.4, -0.2) is 37.4 Å². The molecule has 3 aromatic rings. The molecule has 142 valence electrons. The summed E-state index contributed by atoms with van der Waals surface area (Å²) in [6.07, 6.45) is 0. The zero-order valence-electron chi connectivity index (χ0n) is 15.6. The Kier molecular flexibility index (Phi) is 5.02. The van der Waals surface area contributed by atoms with Gasteiger partial charge in [-0.25, -0.2) is 0 Å². The number of nitrogens with one attached hydrogen (secondary N) is 1. The summed E-state index contributed by atoms with van der Waals surface area (Å²) in [6, 6.07) is 4.94. The first-order chi connectivity index (χ1) is 13.0. The third kappa shape index (κ3) is 3.57. The molecule has 27 heavy (non-hydrogen) atoms. The third-order valence-electron chi connectivity index (χ3n) is 3.84. The van der Waals surface area contributed by atoms with Crippen LogP contribution in [0.4, 0.5) is 6.01 Å². The number of hydrogen-bond donors (Lipinski definition) is 1. The number of aryl methyl sites for hydroxylation is 2. The largest absolute Gasteiger partial charge is 0.493 e. The van der Waals surface area contributed by atoms with Gasteiger partial charge in [0.15, 0.2) is 11.5 Å². The Labute approximate surface area is 155 Å². The third-order valence-corrected chi connectivity index (χ3v) is 3.84. The second kappa shape index (κ2) is 7.40. The Morgan fingerprint density at radius 3 is 2.15 bits per heavy atom. The maximum atomic E-state index is 12.3. The predicted octanol–water partition coefficient (Wildman–Crippen LogP) is 3.22. The lowest BCUT2D eigenvalue weighted by Gasteiger charge is -2.12. The van der Waals surface area contributed by atoms with Crippen LogP contribution in [0.2, 0.25) is 0 Å². The minimum absolute atomic E-state index is 0.0398. The Bertz CT molecular complexity index is 950. The van der Waals surface area contributed by atoms with Crippen LogP contribution in [0, 0.1) is 13.8 Å². The van der Waals surface area contributed by atoms with E-state index in [0.29, 0.717) is 39.9 Å². The fraction of sp³-hybridized carbons (Fsp3) is 0.278. The summed E-state index contributed by atoms with van der Waals surface area (Å²) < 4.78 is 26.8. The molecule has 0 bridgehead atoms. The number of ether oxygens (including phenoxy) is 3. The first kappa shape index (κ1) is 18.3. The quantitative estimate of drug-likeness (QED) is 0.701. The number of amides is 1. The van der Waals surface area contributed by atoms with Crippen LogP contribution in [0.15, 0.2) is 27.0 Å². The molecule has 9 nitrogen and oxygen atoms in total. The summed E-state index contributed by atoms with van der Waals surface area (Å²) in [5.74, 6) is 2.27. The molecule has 0 aliphatic rings. The molecule has 0 spiro atoms. The smallest absolute Gasteiger partial charge is 0.322 e. The van der Waals surface area contributed by atoms with Crippen LogP contribution in [0.25, 0.3) is 11.5 Å². The van der Waals surface area contributed by atoms with Crippen LogP contribution >= 0.6 is 0 Å². The van der Waals surface area contributed by atoms with Gasteiger partial charge in [-0.1, -0.05) is 5.10 Å². The second-order valence-corrected chi connectivity index (χ2v) is 5.61. The van der Waals surface area contributed by atoms with Crippen molar-refractivity contribution >= 4 is 11.9 Å². The summed E-state index contributed by atoms with van der Waals surface area (Å²) in [5.41, 5.74) is 0.952. The lowest BCUT2D eigenvalue weighted by atomic mass is 10.2. The Balaban J connectivity index is 1.87. The number of carbonyl (C=O) groups excluding carboxylic acids is 1. The van der Waals surface area contributed by atoms with Crippen LogP contribution in [0.3, 0.4) is 0 Å². The van der Waals surface area contributed by atoms with Gasteiger partial charge in [-0.15, -0.1) is 5.10 Å². The Hall–Kier alpha value is -3.49. The average molecular weight is 373 g/mol. The summed E-state index contributed by atoms with van der Waals surface area (Å²) in [5, 5.41) is 10.4. The van der Waals surface area contributed by atoms with Crippen LogP contribution in [0.1, 0.15) is 21.9 Å². The van der Waals surface area contributed by atoms with Gasteiger partial charge in [0, 0.05) is 5.56 Å². The van der Waals surface area contributed by atoms with Crippen molar-refractivity contribution in [3.8, 4) is 28.7 Å². The number of nitrogens with zero attached hydrogens (tertiary/aromatic N) is 2. The number of furan rings is 1. The number of carbonyl (C=O) groups is 1. The zero-order valence-corrected chi connectivity index (χ0v) is 15.6. The lowest BCUT2D eigenvalue weighted by molar-refractivity contribution is 0.102. The number of anilines is 1. The van der Waals surface area contributed by atoms with Crippen molar-refractivity contribution in [2.75, 3.05) is 26.6 Å². The molecular formula is C18H19N3O6. The van der Waals surface area contributed by atoms with Crippen molar-refractivity contribution in [2.24, 2.45) is 0 Å². The van der Waals surface area contributed by atoms with E-state index in [-0.39, 0.29) is 11.9 Å². The molecule has 0 unspecified atom stereocenters. The van der Waals surface area contributed by atoms with Gasteiger partial charge in [0.05, 0.1) is 26.9 Å². The summed E-state index contributed by atoms with van der Waals surface area (Å²) in [6.45, 7) is 3.47. The first-order valence-corrected chi connectivity index (χ1v) is 7.99. The van der Waals surface area contributed by atoms with Crippen molar-refractivity contribution in [3.05, 3.63) is 35.3 Å². The van der Waals surface area contributed by atoms with Gasteiger partial charge >= 0.3 is 6.01 Å². The van der Waals surface area contributed by atoms with Crippen molar-refractivity contribution in [3.63, 3.8) is 0 Å². The van der Waals surface area contributed by atoms with Crippen molar-refractivity contribution in [2.45, 2.75) is 13.8 Å². The van der Waals surface area contributed by atoms with Crippen molar-refractivity contribution in [1.82, 2.24) is 10.2 Å². The van der Waals surface area contributed by atoms with E-state index in [9.17, 15) is 4.79 Å². The predicted molar refractivity (Wildman–Crippen MR) is 95.5 cm³/mol. The molecule has 0 saturated heterocycles. The number of rotatable bonds is 6. The summed E-state index contributed by atoms with van der Waals surface area (Å²) >= 11 is 0. The van der Waals surface area contributed by atoms with E-state index in [1.807, 2.05) is 0 Å². The van der Waals surface area contributed by atoms with Gasteiger partial charge in [-0.3, -0.25) is 10.1 Å². The molecule has 0 radical (unpaired) electrons. The van der Waals surface area contributed by atoms with Gasteiger partial charge in [-0.05, 0) is 32.0 Å². The second-order valence-electron chi connectivity index (χ2n) is 5.61. The molecular weight excluding hydrogens is 354 g/mol. The zero-order chi connectivity index (χ0) is 19.6. The van der Waals surface area contributed by atoms with Crippen molar-refractivity contribution in [1.29, 1.82) is 0 Å². The molecule has 0 atom stereocenters. The standard InChI is InChI=1S/C18H19N3O6/c1-9-6-12(10(2)26-9)16(22)19-18-21-20-17(27-18)11-7-13(23-3)15(25-5)14(8-11)24-4/h6-8H,1-5H3,(H,19,21,22). The molecule has 0 saturated carbocycles. The fourth-order valence-corrected chi connectivity index (χ4v) is 2.62. The first-order valence-electron chi connectivity index (χ1n) is 7.99. The Morgan fingerprint density at radius 2 is 1.63 bits per heavy atom. The molecule has 2 aromatic heterocycles. The highest BCUT2D eigenvalue weighted by Crippen LogP contribution is 2.41. The van der Waals surface area contributed by atoms with E-state index < -0.39 is 5.91 Å². The van der Waals surface area contributed by atoms with Crippen LogP contribution in [0.5, 0.6) is 17.2 Å². The maximum Gasteiger partial charge on any atom is 0.322 e. The number of benzene rings is 1. The van der Waals surface area contributed by atoms with Crippen LogP contribution in [-0.2, 0) is 0 Å². The highest BCUT2D eigenvalue weighted by Gasteiger charge is 2.20. The Morgan fingerprint density at radius 1 is 0.963 bits per heavy atom. The number of aromatic nitrogens is 2. The van der Waals surface area contributed by atoms with Crippen LogP contribution < -0.4 is 19.5 Å². The molecule has 3 rings (SSSR count). The van der Waals surface area contributed by atoms with E-state index in [1.165, 1.54) is 21.3 Å². The van der Waals surface area contributed by atoms with Gasteiger partial charge in [0.25, 0.3) is 5.91 Å². The van der Waals surface area contributed by atoms with E-state index in [0.717, 1.165) is 0 Å². The minimum atomic E-state index is -0.399. The van der Waals surface area contributed by atoms with Gasteiger partial charge in [-0.2, -0.15) is 0 Å². The number of methoxy groups -OCH3 is 3. The molecule has 1 amide bonds. The van der Waals surface area contributed by atoms with Crippen molar-refractivity contribution < 1.29 is 27.8 Å². The summed E-state index contributed by atoms with van der Waals surface area (Å²) in [7, 11) is 4.53. The molecule has 2 heterocycles. The molecule has 0 aliphatic carbocycles. The van der Waals surface area contributed by atoms with E-state index in [2.05, 4.69) is 15.5 Å². The molecule has 1 aromatic carbocycles. The van der Waals surface area contributed by atoms with Gasteiger partial charge in [0.2, 0.25) is 11.6 Å². The molecule has 1 N–H and O–H groups in total. The van der Waals surface area contributed by atoms with Gasteiger partial charge < -0.3 is 23.0 Å². The topological polar surface area (TPSA) is 109 Å². The normalized spacial score (nSPS) is 10.6. The van der Waals surface area contributed by atoms with E-state index in [4.69, 9.17) is 23.0 Å².